The highest BCUT2D eigenvalue weighted by Gasteiger charge is 2.37. The van der Waals surface area contributed by atoms with Crippen molar-refractivity contribution < 1.29 is 19.1 Å². The van der Waals surface area contributed by atoms with E-state index in [1.54, 1.807) is 0 Å². The van der Waals surface area contributed by atoms with Crippen molar-refractivity contribution in [1.29, 1.82) is 0 Å². The third-order valence-corrected chi connectivity index (χ3v) is 3.97. The number of esters is 1. The molecule has 0 N–H and O–H groups in total. The predicted octanol–water partition coefficient (Wildman–Crippen LogP) is 3.69. The molecule has 1 unspecified atom stereocenters. The summed E-state index contributed by atoms with van der Waals surface area (Å²) in [6.45, 7) is 8.29. The molecule has 1 aliphatic heterocycles. The molecule has 0 spiro atoms. The number of ether oxygens (including phenoxy) is 2. The van der Waals surface area contributed by atoms with Crippen molar-refractivity contribution in [2.45, 2.75) is 65.2 Å². The van der Waals surface area contributed by atoms with Crippen molar-refractivity contribution in [3.63, 3.8) is 0 Å². The van der Waals surface area contributed by atoms with Crippen LogP contribution >= 0.6 is 0 Å². The van der Waals surface area contributed by atoms with Gasteiger partial charge in [-0.15, -0.1) is 0 Å². The fourth-order valence-corrected chi connectivity index (χ4v) is 2.67. The van der Waals surface area contributed by atoms with Crippen molar-refractivity contribution in [2.75, 3.05) is 6.54 Å². The first-order chi connectivity index (χ1) is 11.3. The Bertz CT molecular complexity index is 574. The van der Waals surface area contributed by atoms with Crippen LogP contribution in [0.5, 0.6) is 0 Å². The second-order valence-electron chi connectivity index (χ2n) is 7.11. The zero-order valence-corrected chi connectivity index (χ0v) is 15.0. The molecular formula is C19H27NO4. The number of rotatable bonds is 4. The molecule has 1 atom stereocenters. The average molecular weight is 333 g/mol. The molecule has 5 heteroatoms. The molecule has 24 heavy (non-hydrogen) atoms. The quantitative estimate of drug-likeness (QED) is 0.789. The average Bonchev–Trinajstić information content (AvgIpc) is 3.01. The van der Waals surface area contributed by atoms with Gasteiger partial charge in [0.2, 0.25) is 0 Å². The molecule has 0 aliphatic carbocycles. The molecule has 1 aromatic rings. The predicted molar refractivity (Wildman–Crippen MR) is 91.6 cm³/mol. The molecule has 1 aliphatic rings. The molecule has 1 heterocycles. The van der Waals surface area contributed by atoms with Crippen molar-refractivity contribution in [3.8, 4) is 0 Å². The van der Waals surface area contributed by atoms with Gasteiger partial charge < -0.3 is 9.47 Å². The van der Waals surface area contributed by atoms with Crippen LogP contribution in [-0.2, 0) is 27.3 Å². The molecule has 1 saturated heterocycles. The number of hydrogen-bond donors (Lipinski definition) is 0. The number of hydrogen-bond acceptors (Lipinski definition) is 4. The summed E-state index contributed by atoms with van der Waals surface area (Å²) in [5.41, 5.74) is 1.62. The zero-order valence-electron chi connectivity index (χ0n) is 15.0. The van der Waals surface area contributed by atoms with Crippen LogP contribution in [0.1, 0.15) is 51.7 Å². The Hall–Kier alpha value is -2.04. The SMILES string of the molecule is CCc1ccc(COC(=O)C2CCCN2C(=O)OC(C)(C)C)cc1. The Morgan fingerprint density at radius 1 is 1.17 bits per heavy atom. The second kappa shape index (κ2) is 7.69. The summed E-state index contributed by atoms with van der Waals surface area (Å²) in [5, 5.41) is 0. The topological polar surface area (TPSA) is 55.8 Å². The number of amides is 1. The van der Waals surface area contributed by atoms with Gasteiger partial charge in [0.05, 0.1) is 0 Å². The molecule has 0 radical (unpaired) electrons. The van der Waals surface area contributed by atoms with Crippen LogP contribution in [0.3, 0.4) is 0 Å². The van der Waals surface area contributed by atoms with Crippen LogP contribution in [0.25, 0.3) is 0 Å². The van der Waals surface area contributed by atoms with E-state index in [9.17, 15) is 9.59 Å². The second-order valence-corrected chi connectivity index (χ2v) is 7.11. The minimum atomic E-state index is -0.574. The Morgan fingerprint density at radius 2 is 1.79 bits per heavy atom. The molecular weight excluding hydrogens is 306 g/mol. The third-order valence-electron chi connectivity index (χ3n) is 3.97. The maximum atomic E-state index is 12.4. The van der Waals surface area contributed by atoms with Crippen LogP contribution in [0, 0.1) is 0 Å². The van der Waals surface area contributed by atoms with Gasteiger partial charge >= 0.3 is 12.1 Å². The van der Waals surface area contributed by atoms with Crippen LogP contribution in [0.4, 0.5) is 4.79 Å². The summed E-state index contributed by atoms with van der Waals surface area (Å²) in [4.78, 5) is 26.0. The summed E-state index contributed by atoms with van der Waals surface area (Å²) in [6.07, 6.45) is 1.93. The van der Waals surface area contributed by atoms with E-state index in [2.05, 4.69) is 6.92 Å². The molecule has 1 fully saturated rings. The van der Waals surface area contributed by atoms with Gasteiger partial charge in [-0.1, -0.05) is 31.2 Å². The highest BCUT2D eigenvalue weighted by atomic mass is 16.6. The maximum absolute atomic E-state index is 12.4. The number of carbonyl (C=O) groups is 2. The largest absolute Gasteiger partial charge is 0.459 e. The van der Waals surface area contributed by atoms with Gasteiger partial charge in [0.15, 0.2) is 0 Å². The van der Waals surface area contributed by atoms with Crippen LogP contribution in [-0.4, -0.2) is 35.2 Å². The first-order valence-corrected chi connectivity index (χ1v) is 8.54. The Kier molecular flexibility index (Phi) is 5.86. The Morgan fingerprint density at radius 3 is 2.38 bits per heavy atom. The summed E-state index contributed by atoms with van der Waals surface area (Å²) in [7, 11) is 0. The Labute approximate surface area is 143 Å². The van der Waals surface area contributed by atoms with Gasteiger partial charge in [0.25, 0.3) is 0 Å². The number of aryl methyl sites for hydroxylation is 1. The van der Waals surface area contributed by atoms with E-state index in [0.717, 1.165) is 18.4 Å². The number of nitrogens with zero attached hydrogens (tertiary/aromatic N) is 1. The minimum Gasteiger partial charge on any atom is -0.459 e. The van der Waals surface area contributed by atoms with E-state index in [4.69, 9.17) is 9.47 Å². The van der Waals surface area contributed by atoms with Crippen LogP contribution in [0.2, 0.25) is 0 Å². The van der Waals surface area contributed by atoms with Gasteiger partial charge in [0.1, 0.15) is 18.2 Å². The number of likely N-dealkylation sites (tertiary alicyclic amines) is 1. The van der Waals surface area contributed by atoms with Crippen molar-refractivity contribution >= 4 is 12.1 Å². The summed E-state index contributed by atoms with van der Waals surface area (Å²) < 4.78 is 10.8. The number of benzene rings is 1. The fraction of sp³-hybridized carbons (Fsp3) is 0.579. The standard InChI is InChI=1S/C19H27NO4/c1-5-14-8-10-15(11-9-14)13-23-17(21)16-7-6-12-20(16)18(22)24-19(2,3)4/h8-11,16H,5-7,12-13H2,1-4H3. The summed E-state index contributed by atoms with van der Waals surface area (Å²) >= 11 is 0. The zero-order chi connectivity index (χ0) is 17.7. The number of carbonyl (C=O) groups excluding carboxylic acids is 2. The highest BCUT2D eigenvalue weighted by Crippen LogP contribution is 2.22. The molecule has 0 saturated carbocycles. The molecule has 0 aromatic heterocycles. The van der Waals surface area contributed by atoms with E-state index in [0.29, 0.717) is 13.0 Å². The molecule has 132 valence electrons. The monoisotopic (exact) mass is 333 g/mol. The van der Waals surface area contributed by atoms with Crippen LogP contribution < -0.4 is 0 Å². The maximum Gasteiger partial charge on any atom is 0.411 e. The summed E-state index contributed by atoms with van der Waals surface area (Å²) in [5.74, 6) is -0.363. The normalized spacial score (nSPS) is 17.7. The Balaban J connectivity index is 1.91. The fourth-order valence-electron chi connectivity index (χ4n) is 2.67. The van der Waals surface area contributed by atoms with E-state index in [1.807, 2.05) is 45.0 Å². The van der Waals surface area contributed by atoms with Gasteiger partial charge in [-0.25, -0.2) is 9.59 Å². The lowest BCUT2D eigenvalue weighted by Crippen LogP contribution is -2.44. The lowest BCUT2D eigenvalue weighted by Gasteiger charge is -2.27. The van der Waals surface area contributed by atoms with Crippen molar-refractivity contribution in [3.05, 3.63) is 35.4 Å². The smallest absolute Gasteiger partial charge is 0.411 e. The first kappa shape index (κ1) is 18.3. The highest BCUT2D eigenvalue weighted by molar-refractivity contribution is 5.82. The molecule has 1 amide bonds. The van der Waals surface area contributed by atoms with E-state index < -0.39 is 17.7 Å². The van der Waals surface area contributed by atoms with E-state index in [-0.39, 0.29) is 12.6 Å². The molecule has 2 rings (SSSR count). The molecule has 0 bridgehead atoms. The van der Waals surface area contributed by atoms with Crippen molar-refractivity contribution in [1.82, 2.24) is 4.90 Å². The van der Waals surface area contributed by atoms with E-state index >= 15 is 0 Å². The lowest BCUT2D eigenvalue weighted by atomic mass is 10.1. The van der Waals surface area contributed by atoms with Gasteiger partial charge in [-0.05, 0) is 51.2 Å². The van der Waals surface area contributed by atoms with Gasteiger partial charge in [-0.2, -0.15) is 0 Å². The van der Waals surface area contributed by atoms with Crippen molar-refractivity contribution in [2.24, 2.45) is 0 Å². The minimum absolute atomic E-state index is 0.224. The third kappa shape index (κ3) is 4.98. The summed E-state index contributed by atoms with van der Waals surface area (Å²) in [6, 6.07) is 7.45. The first-order valence-electron chi connectivity index (χ1n) is 8.54. The molecule has 5 nitrogen and oxygen atoms in total. The lowest BCUT2D eigenvalue weighted by molar-refractivity contribution is -0.150. The van der Waals surface area contributed by atoms with Gasteiger partial charge in [-0.3, -0.25) is 4.90 Å². The van der Waals surface area contributed by atoms with Gasteiger partial charge in [0, 0.05) is 6.54 Å². The van der Waals surface area contributed by atoms with Crippen LogP contribution in [0.15, 0.2) is 24.3 Å². The molecule has 1 aromatic carbocycles. The van der Waals surface area contributed by atoms with E-state index in [1.165, 1.54) is 10.5 Å².